The van der Waals surface area contributed by atoms with Crippen LogP contribution in [0.4, 0.5) is 0 Å². The summed E-state index contributed by atoms with van der Waals surface area (Å²) in [5.74, 6) is 0.379. The highest BCUT2D eigenvalue weighted by Crippen LogP contribution is 2.29. The molecule has 1 atom stereocenters. The van der Waals surface area contributed by atoms with Gasteiger partial charge in [-0.1, -0.05) is 43.6 Å². The number of benzene rings is 1. The number of halogens is 1. The fourth-order valence-corrected chi connectivity index (χ4v) is 1.87. The van der Waals surface area contributed by atoms with Crippen LogP contribution in [0, 0.1) is 11.3 Å². The minimum atomic E-state index is -0.0799. The molecule has 0 bridgehead atoms. The van der Waals surface area contributed by atoms with Gasteiger partial charge in [-0.25, -0.2) is 0 Å². The first-order valence-electron chi connectivity index (χ1n) is 4.62. The zero-order valence-electron chi connectivity index (χ0n) is 8.42. The molecule has 76 valence electrons. The monoisotopic (exact) mass is 210 g/mol. The molecule has 2 nitrogen and oxygen atoms in total. The number of rotatable bonds is 3. The molecule has 1 aromatic carbocycles. The van der Waals surface area contributed by atoms with Gasteiger partial charge in [-0.2, -0.15) is 0 Å². The molecule has 1 aromatic rings. The zero-order valence-corrected chi connectivity index (χ0v) is 9.18. The summed E-state index contributed by atoms with van der Waals surface area (Å²) in [4.78, 5) is 0. The van der Waals surface area contributed by atoms with E-state index in [1.807, 2.05) is 38.1 Å². The molecule has 3 N–H and O–H groups in total. The smallest absolute Gasteiger partial charge is 0.0985 e. The second kappa shape index (κ2) is 4.47. The quantitative estimate of drug-likeness (QED) is 0.585. The topological polar surface area (TPSA) is 49.9 Å². The van der Waals surface area contributed by atoms with Crippen LogP contribution in [-0.4, -0.2) is 5.84 Å². The fraction of sp³-hybridized carbons (Fsp3) is 0.364. The number of hydrogen-bond acceptors (Lipinski definition) is 1. The van der Waals surface area contributed by atoms with Crippen molar-refractivity contribution in [3.05, 3.63) is 34.9 Å². The number of amidine groups is 1. The molecule has 1 unspecified atom stereocenters. The molecule has 14 heavy (non-hydrogen) atoms. The molecule has 0 aliphatic heterocycles. The van der Waals surface area contributed by atoms with Crippen LogP contribution in [0.1, 0.15) is 25.3 Å². The average molecular weight is 211 g/mol. The first-order chi connectivity index (χ1) is 6.54. The molecule has 0 saturated carbocycles. The third-order valence-corrected chi connectivity index (χ3v) is 2.59. The molecule has 0 amide bonds. The van der Waals surface area contributed by atoms with E-state index in [2.05, 4.69) is 0 Å². The second-order valence-corrected chi connectivity index (χ2v) is 4.11. The predicted octanol–water partition coefficient (Wildman–Crippen LogP) is 3.02. The summed E-state index contributed by atoms with van der Waals surface area (Å²) >= 11 is 6.05. The van der Waals surface area contributed by atoms with Gasteiger partial charge in [0.05, 0.1) is 5.84 Å². The van der Waals surface area contributed by atoms with Crippen LogP contribution >= 0.6 is 11.6 Å². The van der Waals surface area contributed by atoms with Crippen molar-refractivity contribution in [2.24, 2.45) is 11.7 Å². The summed E-state index contributed by atoms with van der Waals surface area (Å²) in [6, 6.07) is 7.55. The third-order valence-electron chi connectivity index (χ3n) is 2.24. The minimum Gasteiger partial charge on any atom is -0.387 e. The van der Waals surface area contributed by atoms with E-state index in [9.17, 15) is 0 Å². The van der Waals surface area contributed by atoms with Crippen molar-refractivity contribution in [3.8, 4) is 0 Å². The zero-order chi connectivity index (χ0) is 10.7. The fourth-order valence-electron chi connectivity index (χ4n) is 1.61. The van der Waals surface area contributed by atoms with E-state index in [-0.39, 0.29) is 17.7 Å². The Labute approximate surface area is 89.6 Å². The standard InChI is InChI=1S/C11H15ClN2/c1-7(2)10(11(13)14)8-5-3-4-6-9(8)12/h3-7,10H,1-2H3,(H3,13,14). The highest BCUT2D eigenvalue weighted by Gasteiger charge is 2.20. The molecule has 0 aliphatic carbocycles. The third kappa shape index (κ3) is 2.26. The lowest BCUT2D eigenvalue weighted by molar-refractivity contribution is 0.597. The van der Waals surface area contributed by atoms with Gasteiger partial charge in [-0.15, -0.1) is 0 Å². The van der Waals surface area contributed by atoms with E-state index in [0.29, 0.717) is 5.02 Å². The van der Waals surface area contributed by atoms with Gasteiger partial charge < -0.3 is 5.73 Å². The minimum absolute atomic E-state index is 0.0799. The SMILES string of the molecule is CC(C)C(C(=N)N)c1ccccc1Cl. The van der Waals surface area contributed by atoms with Crippen molar-refractivity contribution in [2.45, 2.75) is 19.8 Å². The Morgan fingerprint density at radius 1 is 1.36 bits per heavy atom. The molecule has 3 heteroatoms. The molecule has 0 aromatic heterocycles. The molecule has 0 heterocycles. The molecular formula is C11H15ClN2. The van der Waals surface area contributed by atoms with Crippen LogP contribution in [0.2, 0.25) is 5.02 Å². The summed E-state index contributed by atoms with van der Waals surface area (Å²) in [5.41, 5.74) is 6.50. The Balaban J connectivity index is 3.12. The van der Waals surface area contributed by atoms with Gasteiger partial charge in [0.1, 0.15) is 0 Å². The Morgan fingerprint density at radius 2 is 1.93 bits per heavy atom. The number of nitrogens with two attached hydrogens (primary N) is 1. The van der Waals surface area contributed by atoms with Gasteiger partial charge >= 0.3 is 0 Å². The second-order valence-electron chi connectivity index (χ2n) is 3.70. The average Bonchev–Trinajstić information content (AvgIpc) is 2.07. The number of nitrogens with one attached hydrogen (secondary N) is 1. The van der Waals surface area contributed by atoms with Crippen molar-refractivity contribution >= 4 is 17.4 Å². The van der Waals surface area contributed by atoms with Crippen LogP contribution in [0.5, 0.6) is 0 Å². The molecule has 0 radical (unpaired) electrons. The van der Waals surface area contributed by atoms with E-state index in [1.54, 1.807) is 0 Å². The lowest BCUT2D eigenvalue weighted by Gasteiger charge is -2.20. The highest BCUT2D eigenvalue weighted by molar-refractivity contribution is 6.31. The lowest BCUT2D eigenvalue weighted by atomic mass is 9.87. The van der Waals surface area contributed by atoms with E-state index in [4.69, 9.17) is 22.7 Å². The van der Waals surface area contributed by atoms with Crippen LogP contribution in [-0.2, 0) is 0 Å². The van der Waals surface area contributed by atoms with Crippen molar-refractivity contribution in [1.29, 1.82) is 5.41 Å². The van der Waals surface area contributed by atoms with Gasteiger partial charge in [0, 0.05) is 10.9 Å². The Bertz CT molecular complexity index is 334. The predicted molar refractivity (Wildman–Crippen MR) is 60.9 cm³/mol. The Morgan fingerprint density at radius 3 is 2.36 bits per heavy atom. The largest absolute Gasteiger partial charge is 0.387 e. The van der Waals surface area contributed by atoms with E-state index in [0.717, 1.165) is 5.56 Å². The summed E-state index contributed by atoms with van der Waals surface area (Å²) in [5, 5.41) is 8.22. The highest BCUT2D eigenvalue weighted by atomic mass is 35.5. The van der Waals surface area contributed by atoms with Crippen molar-refractivity contribution < 1.29 is 0 Å². The molecular weight excluding hydrogens is 196 g/mol. The maximum absolute atomic E-state index is 7.54. The molecule has 0 fully saturated rings. The Hall–Kier alpha value is -1.02. The van der Waals surface area contributed by atoms with Gasteiger partial charge in [0.25, 0.3) is 0 Å². The van der Waals surface area contributed by atoms with Crippen LogP contribution in [0.15, 0.2) is 24.3 Å². The molecule has 0 aliphatic rings. The van der Waals surface area contributed by atoms with Gasteiger partial charge in [-0.05, 0) is 17.5 Å². The molecule has 1 rings (SSSR count). The van der Waals surface area contributed by atoms with Gasteiger partial charge in [0.2, 0.25) is 0 Å². The normalized spacial score (nSPS) is 12.9. The maximum Gasteiger partial charge on any atom is 0.0985 e. The number of hydrogen-bond donors (Lipinski definition) is 2. The summed E-state index contributed by atoms with van der Waals surface area (Å²) in [6.07, 6.45) is 0. The first-order valence-corrected chi connectivity index (χ1v) is 5.00. The maximum atomic E-state index is 7.54. The first kappa shape index (κ1) is 11.1. The van der Waals surface area contributed by atoms with E-state index >= 15 is 0 Å². The van der Waals surface area contributed by atoms with Gasteiger partial charge in [-0.3, -0.25) is 5.41 Å². The van der Waals surface area contributed by atoms with E-state index < -0.39 is 0 Å². The molecule has 0 spiro atoms. The van der Waals surface area contributed by atoms with Crippen molar-refractivity contribution in [1.82, 2.24) is 0 Å². The van der Waals surface area contributed by atoms with Crippen LogP contribution < -0.4 is 5.73 Å². The van der Waals surface area contributed by atoms with Crippen LogP contribution in [0.3, 0.4) is 0 Å². The summed E-state index contributed by atoms with van der Waals surface area (Å²) in [6.45, 7) is 4.07. The van der Waals surface area contributed by atoms with Gasteiger partial charge in [0.15, 0.2) is 0 Å². The summed E-state index contributed by atoms with van der Waals surface area (Å²) in [7, 11) is 0. The lowest BCUT2D eigenvalue weighted by Crippen LogP contribution is -2.25. The van der Waals surface area contributed by atoms with Crippen LogP contribution in [0.25, 0.3) is 0 Å². The van der Waals surface area contributed by atoms with Crippen molar-refractivity contribution in [2.75, 3.05) is 0 Å². The van der Waals surface area contributed by atoms with E-state index in [1.165, 1.54) is 0 Å². The van der Waals surface area contributed by atoms with Crippen molar-refractivity contribution in [3.63, 3.8) is 0 Å². The molecule has 0 saturated heterocycles. The summed E-state index contributed by atoms with van der Waals surface area (Å²) < 4.78 is 0. The Kier molecular flexibility index (Phi) is 3.53.